The van der Waals surface area contributed by atoms with Gasteiger partial charge < -0.3 is 10.1 Å². The fourth-order valence-electron chi connectivity index (χ4n) is 2.73. The van der Waals surface area contributed by atoms with Crippen molar-refractivity contribution in [2.24, 2.45) is 0 Å². The summed E-state index contributed by atoms with van der Waals surface area (Å²) in [7, 11) is 0. The van der Waals surface area contributed by atoms with E-state index in [0.717, 1.165) is 0 Å². The number of ether oxygens (including phenoxy) is 1. The van der Waals surface area contributed by atoms with Crippen molar-refractivity contribution in [3.8, 4) is 5.75 Å². The average Bonchev–Trinajstić information content (AvgIpc) is 3.15. The maximum Gasteiger partial charge on any atom is 0.234 e. The van der Waals surface area contributed by atoms with Gasteiger partial charge in [-0.15, -0.1) is 16.8 Å². The fraction of sp³-hybridized carbons (Fsp3) is 0.190. The van der Waals surface area contributed by atoms with Crippen LogP contribution in [0.2, 0.25) is 20.1 Å². The first kappa shape index (κ1) is 24.7. The first-order valence-electron chi connectivity index (χ1n) is 9.32. The molecule has 168 valence electrons. The number of halogens is 4. The molecule has 0 radical (unpaired) electrons. The van der Waals surface area contributed by atoms with Gasteiger partial charge in [-0.3, -0.25) is 9.36 Å². The third-order valence-electron chi connectivity index (χ3n) is 4.15. The van der Waals surface area contributed by atoms with Gasteiger partial charge in [0.25, 0.3) is 0 Å². The van der Waals surface area contributed by atoms with E-state index < -0.39 is 6.10 Å². The number of nitrogens with zero attached hydrogens (tertiary/aromatic N) is 3. The normalized spacial score (nSPS) is 11.8. The zero-order valence-corrected chi connectivity index (χ0v) is 20.7. The molecule has 1 aromatic heterocycles. The summed E-state index contributed by atoms with van der Waals surface area (Å²) < 4.78 is 7.77. The number of hydrogen-bond acceptors (Lipinski definition) is 5. The number of carbonyl (C=O) groups excluding carboxylic acids is 1. The van der Waals surface area contributed by atoms with Crippen LogP contribution in [0.4, 0.5) is 5.69 Å². The molecule has 6 nitrogen and oxygen atoms in total. The Morgan fingerprint density at radius 3 is 2.56 bits per heavy atom. The molecule has 0 aliphatic carbocycles. The Bertz CT molecular complexity index is 1140. The standard InChI is InChI=1S/C21H18Cl4N4O2S/c1-3-8-29-20(12(2)31-18-10-14(23)5-7-16(18)25)27-28-21(29)32-11-19(30)26-17-9-13(22)4-6-15(17)24/h3-7,9-10,12H,1,8,11H2,2H3,(H,26,30). The fourth-order valence-corrected chi connectivity index (χ4v) is 4.14. The molecule has 1 unspecified atom stereocenters. The molecule has 1 amide bonds. The zero-order chi connectivity index (χ0) is 23.3. The topological polar surface area (TPSA) is 69.0 Å². The van der Waals surface area contributed by atoms with Crippen LogP contribution in [-0.2, 0) is 11.3 Å². The predicted molar refractivity (Wildman–Crippen MR) is 132 cm³/mol. The monoisotopic (exact) mass is 530 g/mol. The summed E-state index contributed by atoms with van der Waals surface area (Å²) in [6.07, 6.45) is 1.23. The van der Waals surface area contributed by atoms with Crippen LogP contribution < -0.4 is 10.1 Å². The number of hydrogen-bond donors (Lipinski definition) is 1. The second kappa shape index (κ2) is 11.3. The maximum absolute atomic E-state index is 12.4. The summed E-state index contributed by atoms with van der Waals surface area (Å²) in [6.45, 7) is 6.04. The van der Waals surface area contributed by atoms with Crippen LogP contribution in [0.15, 0.2) is 54.2 Å². The van der Waals surface area contributed by atoms with Crippen LogP contribution in [0.1, 0.15) is 18.9 Å². The SMILES string of the molecule is C=CCn1c(SCC(=O)Nc2cc(Cl)ccc2Cl)nnc1C(C)Oc1cc(Cl)ccc1Cl. The molecular weight excluding hydrogens is 514 g/mol. The van der Waals surface area contributed by atoms with Crippen molar-refractivity contribution >= 4 is 69.8 Å². The Kier molecular flexibility index (Phi) is 8.73. The van der Waals surface area contributed by atoms with Gasteiger partial charge in [0.15, 0.2) is 17.1 Å². The van der Waals surface area contributed by atoms with Gasteiger partial charge in [-0.1, -0.05) is 64.2 Å². The maximum atomic E-state index is 12.4. The largest absolute Gasteiger partial charge is 0.481 e. The van der Waals surface area contributed by atoms with Crippen molar-refractivity contribution < 1.29 is 9.53 Å². The second-order valence-corrected chi connectivity index (χ2v) is 9.17. The average molecular weight is 532 g/mol. The Hall–Kier alpha value is -1.90. The van der Waals surface area contributed by atoms with Crippen LogP contribution in [0.25, 0.3) is 0 Å². The third kappa shape index (κ3) is 6.33. The molecule has 3 aromatic rings. The van der Waals surface area contributed by atoms with E-state index in [2.05, 4.69) is 22.1 Å². The molecule has 0 spiro atoms. The highest BCUT2D eigenvalue weighted by Crippen LogP contribution is 2.32. The zero-order valence-electron chi connectivity index (χ0n) is 16.8. The molecule has 1 N–H and O–H groups in total. The van der Waals surface area contributed by atoms with Crippen LogP contribution in [0.5, 0.6) is 5.75 Å². The van der Waals surface area contributed by atoms with Crippen molar-refractivity contribution in [1.29, 1.82) is 0 Å². The quantitative estimate of drug-likeness (QED) is 0.239. The molecular formula is C21H18Cl4N4O2S. The summed E-state index contributed by atoms with van der Waals surface area (Å²) in [4.78, 5) is 12.4. The molecule has 1 atom stereocenters. The summed E-state index contributed by atoms with van der Waals surface area (Å²) >= 11 is 25.5. The lowest BCUT2D eigenvalue weighted by Crippen LogP contribution is -2.16. The Morgan fingerprint density at radius 2 is 1.84 bits per heavy atom. The number of benzene rings is 2. The molecule has 0 saturated heterocycles. The van der Waals surface area contributed by atoms with Gasteiger partial charge in [0.2, 0.25) is 5.91 Å². The van der Waals surface area contributed by atoms with E-state index in [9.17, 15) is 4.79 Å². The van der Waals surface area contributed by atoms with E-state index in [1.165, 1.54) is 11.8 Å². The van der Waals surface area contributed by atoms with E-state index in [0.29, 0.717) is 49.1 Å². The number of allylic oxidation sites excluding steroid dienone is 1. The molecule has 0 aliphatic rings. The number of amides is 1. The van der Waals surface area contributed by atoms with Crippen molar-refractivity contribution in [3.05, 3.63) is 75.0 Å². The van der Waals surface area contributed by atoms with Gasteiger partial charge in [0, 0.05) is 22.7 Å². The summed E-state index contributed by atoms with van der Waals surface area (Å²) in [6, 6.07) is 9.82. The van der Waals surface area contributed by atoms with Crippen LogP contribution >= 0.6 is 58.2 Å². The minimum Gasteiger partial charge on any atom is -0.481 e. The second-order valence-electron chi connectivity index (χ2n) is 6.54. The number of rotatable bonds is 9. The Morgan fingerprint density at radius 1 is 1.16 bits per heavy atom. The van der Waals surface area contributed by atoms with E-state index >= 15 is 0 Å². The molecule has 0 fully saturated rings. The third-order valence-corrected chi connectivity index (χ3v) is 6.23. The molecule has 1 heterocycles. The highest BCUT2D eigenvalue weighted by molar-refractivity contribution is 7.99. The lowest BCUT2D eigenvalue weighted by molar-refractivity contribution is -0.113. The number of carbonyl (C=O) groups is 1. The van der Waals surface area contributed by atoms with Crippen molar-refractivity contribution in [2.75, 3.05) is 11.1 Å². The first-order valence-corrected chi connectivity index (χ1v) is 11.8. The molecule has 0 bridgehead atoms. The highest BCUT2D eigenvalue weighted by Gasteiger charge is 2.21. The predicted octanol–water partition coefficient (Wildman–Crippen LogP) is 6.95. The van der Waals surface area contributed by atoms with E-state index in [-0.39, 0.29) is 11.7 Å². The Labute approximate surface area is 209 Å². The lowest BCUT2D eigenvalue weighted by atomic mass is 10.3. The van der Waals surface area contributed by atoms with Gasteiger partial charge in [0.05, 0.1) is 21.5 Å². The number of nitrogens with one attached hydrogen (secondary N) is 1. The number of anilines is 1. The van der Waals surface area contributed by atoms with Gasteiger partial charge in [-0.2, -0.15) is 0 Å². The van der Waals surface area contributed by atoms with Gasteiger partial charge in [-0.25, -0.2) is 0 Å². The summed E-state index contributed by atoms with van der Waals surface area (Å²) in [5.74, 6) is 0.824. The van der Waals surface area contributed by atoms with Gasteiger partial charge in [-0.05, 0) is 37.3 Å². The van der Waals surface area contributed by atoms with Crippen molar-refractivity contribution in [1.82, 2.24) is 14.8 Å². The lowest BCUT2D eigenvalue weighted by Gasteiger charge is -2.16. The number of thioether (sulfide) groups is 1. The van der Waals surface area contributed by atoms with Crippen molar-refractivity contribution in [2.45, 2.75) is 24.7 Å². The van der Waals surface area contributed by atoms with Crippen LogP contribution in [-0.4, -0.2) is 26.4 Å². The van der Waals surface area contributed by atoms with Crippen LogP contribution in [0, 0.1) is 0 Å². The van der Waals surface area contributed by atoms with Crippen LogP contribution in [0.3, 0.4) is 0 Å². The molecule has 32 heavy (non-hydrogen) atoms. The smallest absolute Gasteiger partial charge is 0.234 e. The minimum absolute atomic E-state index is 0.0908. The highest BCUT2D eigenvalue weighted by atomic mass is 35.5. The van der Waals surface area contributed by atoms with Gasteiger partial charge >= 0.3 is 0 Å². The van der Waals surface area contributed by atoms with E-state index in [1.54, 1.807) is 42.5 Å². The van der Waals surface area contributed by atoms with Crippen molar-refractivity contribution in [3.63, 3.8) is 0 Å². The van der Waals surface area contributed by atoms with Gasteiger partial charge in [0.1, 0.15) is 5.75 Å². The minimum atomic E-state index is -0.480. The molecule has 2 aromatic carbocycles. The molecule has 0 saturated carbocycles. The summed E-state index contributed by atoms with van der Waals surface area (Å²) in [5, 5.41) is 13.5. The molecule has 0 aliphatic heterocycles. The molecule has 3 rings (SSSR count). The van der Waals surface area contributed by atoms with E-state index in [4.69, 9.17) is 51.1 Å². The van der Waals surface area contributed by atoms with E-state index in [1.807, 2.05) is 11.5 Å². The molecule has 11 heteroatoms. The number of aromatic nitrogens is 3. The summed E-state index contributed by atoms with van der Waals surface area (Å²) in [5.41, 5.74) is 0.443. The Balaban J connectivity index is 1.71. The first-order chi connectivity index (χ1) is 15.3.